The molecule has 0 aromatic heterocycles. The molecule has 3 heteroatoms. The number of hydrogen-bond donors (Lipinski definition) is 0. The summed E-state index contributed by atoms with van der Waals surface area (Å²) in [4.78, 5) is 11.5. The fourth-order valence-electron chi connectivity index (χ4n) is 2.03. The van der Waals surface area contributed by atoms with Crippen molar-refractivity contribution in [3.63, 3.8) is 0 Å². The van der Waals surface area contributed by atoms with Crippen LogP contribution in [0.1, 0.15) is 40.4 Å². The second kappa shape index (κ2) is 6.71. The zero-order valence-electron chi connectivity index (χ0n) is 12.2. The van der Waals surface area contributed by atoms with E-state index in [1.807, 2.05) is 38.1 Å². The molecular weight excluding hydrogens is 262 g/mol. The minimum absolute atomic E-state index is 0.129. The van der Waals surface area contributed by atoms with Gasteiger partial charge in [0.2, 0.25) is 0 Å². The molecule has 0 aliphatic carbocycles. The second-order valence-electron chi connectivity index (χ2n) is 4.84. The molecule has 0 aliphatic heterocycles. The lowest BCUT2D eigenvalue weighted by Gasteiger charge is -2.09. The van der Waals surface area contributed by atoms with Crippen LogP contribution in [-0.4, -0.2) is 5.78 Å². The van der Waals surface area contributed by atoms with Gasteiger partial charge in [0.1, 0.15) is 12.4 Å². The maximum atomic E-state index is 11.5. The van der Waals surface area contributed by atoms with E-state index < -0.39 is 0 Å². The van der Waals surface area contributed by atoms with Crippen LogP contribution in [0, 0.1) is 18.3 Å². The number of rotatable bonds is 5. The van der Waals surface area contributed by atoms with Gasteiger partial charge in [-0.2, -0.15) is 5.26 Å². The first-order valence-corrected chi connectivity index (χ1v) is 6.89. The van der Waals surface area contributed by atoms with E-state index >= 15 is 0 Å². The Balaban J connectivity index is 2.03. The summed E-state index contributed by atoms with van der Waals surface area (Å²) in [6.45, 7) is 4.25. The molecule has 0 radical (unpaired) electrons. The van der Waals surface area contributed by atoms with Crippen molar-refractivity contribution in [2.75, 3.05) is 0 Å². The van der Waals surface area contributed by atoms with E-state index in [0.29, 0.717) is 24.2 Å². The Kier molecular flexibility index (Phi) is 4.73. The number of Topliss-reactive ketones (excluding diaryl/α,β-unsaturated/α-hetero) is 1. The highest BCUT2D eigenvalue weighted by atomic mass is 16.5. The predicted octanol–water partition coefficient (Wildman–Crippen LogP) is 4.04. The molecule has 0 spiro atoms. The Morgan fingerprint density at radius 3 is 2.48 bits per heavy atom. The number of nitrogens with zero attached hydrogens (tertiary/aromatic N) is 1. The minimum atomic E-state index is 0.129. The standard InChI is InChI=1S/C18H17NO2/c1-3-18(20)15-6-8-17(9-7-15)21-12-16-5-4-14(11-19)10-13(16)2/h4-10H,3,12H2,1-2H3. The molecule has 0 aliphatic rings. The van der Waals surface area contributed by atoms with Crippen LogP contribution >= 0.6 is 0 Å². The smallest absolute Gasteiger partial charge is 0.162 e. The SMILES string of the molecule is CCC(=O)c1ccc(OCc2ccc(C#N)cc2C)cc1. The number of nitriles is 1. The highest BCUT2D eigenvalue weighted by Crippen LogP contribution is 2.17. The molecule has 0 saturated heterocycles. The van der Waals surface area contributed by atoms with Gasteiger partial charge in [0.25, 0.3) is 0 Å². The summed E-state index contributed by atoms with van der Waals surface area (Å²) in [5.74, 6) is 0.857. The number of aryl methyl sites for hydroxylation is 1. The maximum Gasteiger partial charge on any atom is 0.162 e. The molecular formula is C18H17NO2. The van der Waals surface area contributed by atoms with Crippen LogP contribution in [0.5, 0.6) is 5.75 Å². The number of hydrogen-bond acceptors (Lipinski definition) is 3. The van der Waals surface area contributed by atoms with Crippen molar-refractivity contribution in [2.45, 2.75) is 26.9 Å². The van der Waals surface area contributed by atoms with Crippen LogP contribution in [0.15, 0.2) is 42.5 Å². The van der Waals surface area contributed by atoms with Gasteiger partial charge in [-0.05, 0) is 54.4 Å². The molecule has 0 bridgehead atoms. The Bertz CT molecular complexity index is 681. The molecule has 2 aromatic rings. The van der Waals surface area contributed by atoms with Crippen LogP contribution in [0.4, 0.5) is 0 Å². The van der Waals surface area contributed by atoms with E-state index in [9.17, 15) is 4.79 Å². The fourth-order valence-corrected chi connectivity index (χ4v) is 2.03. The highest BCUT2D eigenvalue weighted by Gasteiger charge is 2.04. The fraction of sp³-hybridized carbons (Fsp3) is 0.222. The molecule has 106 valence electrons. The van der Waals surface area contributed by atoms with Crippen molar-refractivity contribution in [3.8, 4) is 11.8 Å². The largest absolute Gasteiger partial charge is 0.489 e. The summed E-state index contributed by atoms with van der Waals surface area (Å²) in [6.07, 6.45) is 0.505. The third kappa shape index (κ3) is 3.70. The van der Waals surface area contributed by atoms with Crippen molar-refractivity contribution >= 4 is 5.78 Å². The van der Waals surface area contributed by atoms with E-state index in [1.54, 1.807) is 18.2 Å². The molecule has 0 fully saturated rings. The lowest BCUT2D eigenvalue weighted by atomic mass is 10.1. The molecule has 0 N–H and O–H groups in total. The summed E-state index contributed by atoms with van der Waals surface area (Å²) in [7, 11) is 0. The maximum absolute atomic E-state index is 11.5. The Morgan fingerprint density at radius 2 is 1.90 bits per heavy atom. The van der Waals surface area contributed by atoms with Gasteiger partial charge in [0.05, 0.1) is 11.6 Å². The van der Waals surface area contributed by atoms with Crippen molar-refractivity contribution < 1.29 is 9.53 Å². The van der Waals surface area contributed by atoms with Gasteiger partial charge in [-0.3, -0.25) is 4.79 Å². The van der Waals surface area contributed by atoms with Gasteiger partial charge >= 0.3 is 0 Å². The first-order valence-electron chi connectivity index (χ1n) is 6.89. The topological polar surface area (TPSA) is 50.1 Å². The van der Waals surface area contributed by atoms with Crippen molar-refractivity contribution in [1.29, 1.82) is 5.26 Å². The van der Waals surface area contributed by atoms with E-state index in [4.69, 9.17) is 10.00 Å². The summed E-state index contributed by atoms with van der Waals surface area (Å²) in [5.41, 5.74) is 3.44. The van der Waals surface area contributed by atoms with E-state index in [0.717, 1.165) is 16.9 Å². The zero-order chi connectivity index (χ0) is 15.2. The van der Waals surface area contributed by atoms with Crippen LogP contribution in [0.2, 0.25) is 0 Å². The Labute approximate surface area is 124 Å². The first kappa shape index (κ1) is 14.8. The van der Waals surface area contributed by atoms with Gasteiger partial charge in [0.15, 0.2) is 5.78 Å². The third-order valence-electron chi connectivity index (χ3n) is 3.36. The molecule has 0 amide bonds. The summed E-state index contributed by atoms with van der Waals surface area (Å²) in [6, 6.07) is 14.8. The van der Waals surface area contributed by atoms with E-state index in [-0.39, 0.29) is 5.78 Å². The van der Waals surface area contributed by atoms with E-state index in [2.05, 4.69) is 6.07 Å². The third-order valence-corrected chi connectivity index (χ3v) is 3.36. The average molecular weight is 279 g/mol. The van der Waals surface area contributed by atoms with Crippen molar-refractivity contribution in [3.05, 3.63) is 64.7 Å². The van der Waals surface area contributed by atoms with E-state index in [1.165, 1.54) is 0 Å². The molecule has 3 nitrogen and oxygen atoms in total. The van der Waals surface area contributed by atoms with Crippen LogP contribution in [0.25, 0.3) is 0 Å². The molecule has 0 atom stereocenters. The predicted molar refractivity (Wildman–Crippen MR) is 81.3 cm³/mol. The van der Waals surface area contributed by atoms with Gasteiger partial charge in [-0.1, -0.05) is 13.0 Å². The van der Waals surface area contributed by atoms with Crippen molar-refractivity contribution in [2.24, 2.45) is 0 Å². The Morgan fingerprint density at radius 1 is 1.19 bits per heavy atom. The lowest BCUT2D eigenvalue weighted by Crippen LogP contribution is -2.00. The summed E-state index contributed by atoms with van der Waals surface area (Å²) >= 11 is 0. The summed E-state index contributed by atoms with van der Waals surface area (Å²) < 4.78 is 5.72. The number of benzene rings is 2. The Hall–Kier alpha value is -2.60. The first-order chi connectivity index (χ1) is 10.1. The monoisotopic (exact) mass is 279 g/mol. The van der Waals surface area contributed by atoms with Gasteiger partial charge in [-0.25, -0.2) is 0 Å². The minimum Gasteiger partial charge on any atom is -0.489 e. The van der Waals surface area contributed by atoms with Crippen molar-refractivity contribution in [1.82, 2.24) is 0 Å². The molecule has 21 heavy (non-hydrogen) atoms. The van der Waals surface area contributed by atoms with Crippen LogP contribution in [0.3, 0.4) is 0 Å². The second-order valence-corrected chi connectivity index (χ2v) is 4.84. The number of ether oxygens (including phenoxy) is 1. The summed E-state index contributed by atoms with van der Waals surface area (Å²) in [5, 5.41) is 8.84. The van der Waals surface area contributed by atoms with Gasteiger partial charge in [0, 0.05) is 12.0 Å². The number of ketones is 1. The van der Waals surface area contributed by atoms with Gasteiger partial charge in [-0.15, -0.1) is 0 Å². The zero-order valence-corrected chi connectivity index (χ0v) is 12.2. The lowest BCUT2D eigenvalue weighted by molar-refractivity contribution is 0.0988. The quantitative estimate of drug-likeness (QED) is 0.776. The van der Waals surface area contributed by atoms with Gasteiger partial charge < -0.3 is 4.74 Å². The molecule has 0 heterocycles. The van der Waals surface area contributed by atoms with Crippen LogP contribution < -0.4 is 4.74 Å². The van der Waals surface area contributed by atoms with Crippen LogP contribution in [-0.2, 0) is 6.61 Å². The average Bonchev–Trinajstić information content (AvgIpc) is 2.53. The molecule has 0 unspecified atom stereocenters. The molecule has 2 rings (SSSR count). The number of carbonyl (C=O) groups is 1. The highest BCUT2D eigenvalue weighted by molar-refractivity contribution is 5.95. The molecule has 2 aromatic carbocycles. The number of carbonyl (C=O) groups excluding carboxylic acids is 1. The normalized spacial score (nSPS) is 9.95. The molecule has 0 saturated carbocycles.